The van der Waals surface area contributed by atoms with Crippen molar-refractivity contribution < 1.29 is 0 Å². The molecule has 0 spiro atoms. The zero-order chi connectivity index (χ0) is 13.9. The molecule has 3 nitrogen and oxygen atoms in total. The van der Waals surface area contributed by atoms with Crippen molar-refractivity contribution in [2.75, 3.05) is 6.54 Å². The van der Waals surface area contributed by atoms with Crippen molar-refractivity contribution in [3.05, 3.63) is 60.0 Å². The Kier molecular flexibility index (Phi) is 3.52. The standard InChI is InChI=1S/C17H19N3/c1-13-6-4-7-14(12-13)17-15-8-2-3-11-20(15)16(19-17)9-5-10-18/h2-4,6-8,11-12H,5,9-10,18H2,1H3. The minimum Gasteiger partial charge on any atom is -0.330 e. The molecule has 0 radical (unpaired) electrons. The maximum atomic E-state index is 5.62. The van der Waals surface area contributed by atoms with Crippen LogP contribution in [0, 0.1) is 6.92 Å². The third-order valence-corrected chi connectivity index (χ3v) is 3.52. The predicted molar refractivity (Wildman–Crippen MR) is 82.7 cm³/mol. The summed E-state index contributed by atoms with van der Waals surface area (Å²) >= 11 is 0. The number of rotatable bonds is 4. The molecule has 3 aromatic rings. The number of hydrogen-bond donors (Lipinski definition) is 1. The van der Waals surface area contributed by atoms with E-state index in [1.165, 1.54) is 11.1 Å². The minimum absolute atomic E-state index is 0.696. The maximum absolute atomic E-state index is 5.62. The molecule has 0 fully saturated rings. The van der Waals surface area contributed by atoms with E-state index < -0.39 is 0 Å². The summed E-state index contributed by atoms with van der Waals surface area (Å²) in [5.41, 5.74) is 10.3. The van der Waals surface area contributed by atoms with Gasteiger partial charge in [0.2, 0.25) is 0 Å². The molecule has 0 aliphatic carbocycles. The normalized spacial score (nSPS) is 11.1. The molecule has 20 heavy (non-hydrogen) atoms. The number of nitrogens with zero attached hydrogens (tertiary/aromatic N) is 2. The zero-order valence-electron chi connectivity index (χ0n) is 11.7. The van der Waals surface area contributed by atoms with Crippen LogP contribution in [0.25, 0.3) is 16.8 Å². The van der Waals surface area contributed by atoms with Gasteiger partial charge in [-0.2, -0.15) is 0 Å². The van der Waals surface area contributed by atoms with Gasteiger partial charge in [-0.3, -0.25) is 0 Å². The highest BCUT2D eigenvalue weighted by Crippen LogP contribution is 2.26. The van der Waals surface area contributed by atoms with E-state index in [0.717, 1.165) is 29.9 Å². The van der Waals surface area contributed by atoms with Gasteiger partial charge in [-0.1, -0.05) is 29.8 Å². The fourth-order valence-electron chi connectivity index (χ4n) is 2.54. The Morgan fingerprint density at radius 2 is 2.05 bits per heavy atom. The molecule has 2 heterocycles. The number of aryl methyl sites for hydroxylation is 2. The number of fused-ring (bicyclic) bond motifs is 1. The first kappa shape index (κ1) is 12.9. The van der Waals surface area contributed by atoms with E-state index in [4.69, 9.17) is 10.7 Å². The molecule has 1 aromatic carbocycles. The third kappa shape index (κ3) is 2.32. The summed E-state index contributed by atoms with van der Waals surface area (Å²) in [6.45, 7) is 2.80. The van der Waals surface area contributed by atoms with Crippen LogP contribution in [-0.2, 0) is 6.42 Å². The zero-order valence-corrected chi connectivity index (χ0v) is 11.7. The van der Waals surface area contributed by atoms with E-state index in [1.54, 1.807) is 0 Å². The first-order valence-electron chi connectivity index (χ1n) is 7.02. The fraction of sp³-hybridized carbons (Fsp3) is 0.235. The molecule has 0 saturated heterocycles. The monoisotopic (exact) mass is 265 g/mol. The van der Waals surface area contributed by atoms with Crippen molar-refractivity contribution in [2.24, 2.45) is 5.73 Å². The van der Waals surface area contributed by atoms with Gasteiger partial charge >= 0.3 is 0 Å². The third-order valence-electron chi connectivity index (χ3n) is 3.52. The summed E-state index contributed by atoms with van der Waals surface area (Å²) in [6.07, 6.45) is 3.95. The fourth-order valence-corrected chi connectivity index (χ4v) is 2.54. The topological polar surface area (TPSA) is 43.3 Å². The SMILES string of the molecule is Cc1cccc(-c2nc(CCCN)n3ccccc23)c1. The second-order valence-electron chi connectivity index (χ2n) is 5.09. The van der Waals surface area contributed by atoms with Crippen LogP contribution in [-0.4, -0.2) is 15.9 Å². The van der Waals surface area contributed by atoms with Crippen molar-refractivity contribution in [2.45, 2.75) is 19.8 Å². The van der Waals surface area contributed by atoms with Crippen LogP contribution < -0.4 is 5.73 Å². The van der Waals surface area contributed by atoms with E-state index in [1.807, 2.05) is 6.07 Å². The Balaban J connectivity index is 2.15. The maximum Gasteiger partial charge on any atom is 0.114 e. The molecule has 0 aliphatic rings. The van der Waals surface area contributed by atoms with Crippen LogP contribution in [0.3, 0.4) is 0 Å². The molecule has 0 unspecified atom stereocenters. The lowest BCUT2D eigenvalue weighted by Gasteiger charge is -2.00. The van der Waals surface area contributed by atoms with Gasteiger partial charge in [-0.05, 0) is 38.1 Å². The van der Waals surface area contributed by atoms with Crippen molar-refractivity contribution in [1.82, 2.24) is 9.38 Å². The second kappa shape index (κ2) is 5.47. The first-order valence-corrected chi connectivity index (χ1v) is 7.02. The quantitative estimate of drug-likeness (QED) is 0.787. The van der Waals surface area contributed by atoms with Crippen LogP contribution in [0.2, 0.25) is 0 Å². The highest BCUT2D eigenvalue weighted by molar-refractivity contribution is 5.78. The Morgan fingerprint density at radius 1 is 1.15 bits per heavy atom. The Hall–Kier alpha value is -2.13. The molecule has 102 valence electrons. The Labute approximate surface area is 119 Å². The Bertz CT molecular complexity index is 728. The summed E-state index contributed by atoms with van der Waals surface area (Å²) in [5.74, 6) is 1.09. The number of imidazole rings is 1. The van der Waals surface area contributed by atoms with E-state index >= 15 is 0 Å². The average Bonchev–Trinajstić information content (AvgIpc) is 2.84. The lowest BCUT2D eigenvalue weighted by molar-refractivity contribution is 0.778. The van der Waals surface area contributed by atoms with Crippen molar-refractivity contribution in [3.8, 4) is 11.3 Å². The van der Waals surface area contributed by atoms with Crippen molar-refractivity contribution in [1.29, 1.82) is 0 Å². The van der Waals surface area contributed by atoms with E-state index in [0.29, 0.717) is 6.54 Å². The average molecular weight is 265 g/mol. The molecular formula is C17H19N3. The van der Waals surface area contributed by atoms with Crippen LogP contribution in [0.1, 0.15) is 17.8 Å². The summed E-state index contributed by atoms with van der Waals surface area (Å²) < 4.78 is 2.17. The largest absolute Gasteiger partial charge is 0.330 e. The number of hydrogen-bond acceptors (Lipinski definition) is 2. The van der Waals surface area contributed by atoms with E-state index in [9.17, 15) is 0 Å². The lowest BCUT2D eigenvalue weighted by Crippen LogP contribution is -2.02. The van der Waals surface area contributed by atoms with Crippen molar-refractivity contribution >= 4 is 5.52 Å². The molecule has 2 aromatic heterocycles. The van der Waals surface area contributed by atoms with Gasteiger partial charge in [0.05, 0.1) is 11.2 Å². The number of aromatic nitrogens is 2. The van der Waals surface area contributed by atoms with Crippen LogP contribution in [0.15, 0.2) is 48.7 Å². The van der Waals surface area contributed by atoms with E-state index in [-0.39, 0.29) is 0 Å². The minimum atomic E-state index is 0.696. The van der Waals surface area contributed by atoms with Gasteiger partial charge in [-0.15, -0.1) is 0 Å². The second-order valence-corrected chi connectivity index (χ2v) is 5.09. The van der Waals surface area contributed by atoms with Gasteiger partial charge in [-0.25, -0.2) is 4.98 Å². The smallest absolute Gasteiger partial charge is 0.114 e. The van der Waals surface area contributed by atoms with Gasteiger partial charge < -0.3 is 10.1 Å². The van der Waals surface area contributed by atoms with Crippen LogP contribution >= 0.6 is 0 Å². The van der Waals surface area contributed by atoms with Gasteiger partial charge in [0.1, 0.15) is 5.82 Å². The predicted octanol–water partition coefficient (Wildman–Crippen LogP) is 3.20. The molecule has 0 saturated carbocycles. The summed E-state index contributed by atoms with van der Waals surface area (Å²) in [4.78, 5) is 4.85. The molecule has 0 bridgehead atoms. The van der Waals surface area contributed by atoms with Gasteiger partial charge in [0.15, 0.2) is 0 Å². The van der Waals surface area contributed by atoms with E-state index in [2.05, 4.69) is 53.9 Å². The van der Waals surface area contributed by atoms with Gasteiger partial charge in [0, 0.05) is 18.2 Å². The number of pyridine rings is 1. The number of nitrogens with two attached hydrogens (primary N) is 1. The highest BCUT2D eigenvalue weighted by Gasteiger charge is 2.11. The lowest BCUT2D eigenvalue weighted by atomic mass is 10.1. The number of benzene rings is 1. The molecule has 0 aliphatic heterocycles. The summed E-state index contributed by atoms with van der Waals surface area (Å²) in [6, 6.07) is 14.7. The first-order chi connectivity index (χ1) is 9.79. The molecule has 2 N–H and O–H groups in total. The molecule has 3 rings (SSSR count). The van der Waals surface area contributed by atoms with Crippen molar-refractivity contribution in [3.63, 3.8) is 0 Å². The van der Waals surface area contributed by atoms with Crippen LogP contribution in [0.5, 0.6) is 0 Å². The highest BCUT2D eigenvalue weighted by atomic mass is 15.0. The molecule has 0 amide bonds. The van der Waals surface area contributed by atoms with Gasteiger partial charge in [0.25, 0.3) is 0 Å². The molecular weight excluding hydrogens is 246 g/mol. The van der Waals surface area contributed by atoms with Crippen LogP contribution in [0.4, 0.5) is 0 Å². The summed E-state index contributed by atoms with van der Waals surface area (Å²) in [5, 5.41) is 0. The Morgan fingerprint density at radius 3 is 2.85 bits per heavy atom. The summed E-state index contributed by atoms with van der Waals surface area (Å²) in [7, 11) is 0. The molecule has 0 atom stereocenters. The molecule has 3 heteroatoms.